The summed E-state index contributed by atoms with van der Waals surface area (Å²) in [6.07, 6.45) is 0. The molecule has 1 heterocycles. The van der Waals surface area contributed by atoms with E-state index in [1.165, 1.54) is 0 Å². The molecule has 0 saturated heterocycles. The zero-order valence-corrected chi connectivity index (χ0v) is 11.8. The van der Waals surface area contributed by atoms with E-state index in [1.54, 1.807) is 10.7 Å². The van der Waals surface area contributed by atoms with Crippen molar-refractivity contribution in [1.29, 1.82) is 5.26 Å². The molecule has 0 atom stereocenters. The molecular weight excluding hydrogens is 278 g/mol. The SMILES string of the molecule is N#Cc1ccccc1Cn1nnnc1COc1ccccc1. The largest absolute Gasteiger partial charge is 0.486 e. The zero-order chi connectivity index (χ0) is 15.2. The third-order valence-electron chi connectivity index (χ3n) is 3.18. The molecule has 0 fully saturated rings. The number of tetrazole rings is 1. The smallest absolute Gasteiger partial charge is 0.189 e. The molecule has 0 aliphatic heterocycles. The molecule has 0 aliphatic rings. The minimum Gasteiger partial charge on any atom is -0.486 e. The van der Waals surface area contributed by atoms with Crippen LogP contribution in [0.25, 0.3) is 0 Å². The molecule has 0 saturated carbocycles. The minimum absolute atomic E-state index is 0.270. The monoisotopic (exact) mass is 291 g/mol. The van der Waals surface area contributed by atoms with Gasteiger partial charge in [-0.05, 0) is 34.2 Å². The summed E-state index contributed by atoms with van der Waals surface area (Å²) in [7, 11) is 0. The van der Waals surface area contributed by atoms with Crippen LogP contribution in [0.15, 0.2) is 54.6 Å². The fourth-order valence-corrected chi connectivity index (χ4v) is 2.04. The lowest BCUT2D eigenvalue weighted by Crippen LogP contribution is -2.10. The Kier molecular flexibility index (Phi) is 4.07. The highest BCUT2D eigenvalue weighted by Gasteiger charge is 2.09. The van der Waals surface area contributed by atoms with Gasteiger partial charge < -0.3 is 4.74 Å². The maximum absolute atomic E-state index is 9.13. The van der Waals surface area contributed by atoms with Gasteiger partial charge in [-0.25, -0.2) is 4.68 Å². The Labute approximate surface area is 127 Å². The van der Waals surface area contributed by atoms with Crippen LogP contribution in [-0.2, 0) is 13.2 Å². The summed E-state index contributed by atoms with van der Waals surface area (Å²) in [5, 5.41) is 20.8. The average Bonchev–Trinajstić information content (AvgIpc) is 3.01. The van der Waals surface area contributed by atoms with Gasteiger partial charge in [0, 0.05) is 0 Å². The summed E-state index contributed by atoms with van der Waals surface area (Å²) in [4.78, 5) is 0. The number of hydrogen-bond donors (Lipinski definition) is 0. The normalized spacial score (nSPS) is 10.1. The number of nitriles is 1. The van der Waals surface area contributed by atoms with Crippen molar-refractivity contribution in [3.8, 4) is 11.8 Å². The molecule has 6 nitrogen and oxygen atoms in total. The number of para-hydroxylation sites is 1. The van der Waals surface area contributed by atoms with Crippen molar-refractivity contribution >= 4 is 0 Å². The summed E-state index contributed by atoms with van der Waals surface area (Å²) < 4.78 is 7.29. The second kappa shape index (κ2) is 6.50. The van der Waals surface area contributed by atoms with Crippen LogP contribution in [0.2, 0.25) is 0 Å². The summed E-state index contributed by atoms with van der Waals surface area (Å²) in [5.41, 5.74) is 1.49. The van der Waals surface area contributed by atoms with Gasteiger partial charge in [0.05, 0.1) is 18.2 Å². The van der Waals surface area contributed by atoms with Gasteiger partial charge in [-0.15, -0.1) is 5.10 Å². The van der Waals surface area contributed by atoms with E-state index in [0.717, 1.165) is 11.3 Å². The highest BCUT2D eigenvalue weighted by atomic mass is 16.5. The Morgan fingerprint density at radius 2 is 1.82 bits per heavy atom. The molecule has 0 aliphatic carbocycles. The van der Waals surface area contributed by atoms with Crippen LogP contribution in [0.3, 0.4) is 0 Å². The van der Waals surface area contributed by atoms with E-state index < -0.39 is 0 Å². The lowest BCUT2D eigenvalue weighted by atomic mass is 10.1. The first-order chi connectivity index (χ1) is 10.9. The van der Waals surface area contributed by atoms with Crippen molar-refractivity contribution in [2.24, 2.45) is 0 Å². The van der Waals surface area contributed by atoms with Crippen LogP contribution in [0.5, 0.6) is 5.75 Å². The molecule has 0 radical (unpaired) electrons. The second-order valence-corrected chi connectivity index (χ2v) is 4.62. The van der Waals surface area contributed by atoms with Crippen molar-refractivity contribution in [2.75, 3.05) is 0 Å². The standard InChI is InChI=1S/C16H13N5O/c17-10-13-6-4-5-7-14(13)11-21-16(18-19-20-21)12-22-15-8-2-1-3-9-15/h1-9H,11-12H2. The maximum Gasteiger partial charge on any atom is 0.189 e. The van der Waals surface area contributed by atoms with E-state index in [4.69, 9.17) is 10.00 Å². The molecule has 0 spiro atoms. The minimum atomic E-state index is 0.270. The van der Waals surface area contributed by atoms with Crippen LogP contribution in [0, 0.1) is 11.3 Å². The van der Waals surface area contributed by atoms with Crippen LogP contribution in [-0.4, -0.2) is 20.2 Å². The Morgan fingerprint density at radius 1 is 1.05 bits per heavy atom. The summed E-state index contributed by atoms with van der Waals surface area (Å²) in [6.45, 7) is 0.704. The molecule has 108 valence electrons. The topological polar surface area (TPSA) is 76.6 Å². The highest BCUT2D eigenvalue weighted by molar-refractivity contribution is 5.37. The molecule has 6 heteroatoms. The van der Waals surface area contributed by atoms with E-state index in [0.29, 0.717) is 17.9 Å². The van der Waals surface area contributed by atoms with Crippen LogP contribution in [0.1, 0.15) is 17.0 Å². The molecule has 0 amide bonds. The van der Waals surface area contributed by atoms with E-state index in [-0.39, 0.29) is 6.61 Å². The molecule has 3 rings (SSSR count). The van der Waals surface area contributed by atoms with Crippen molar-refractivity contribution in [1.82, 2.24) is 20.2 Å². The van der Waals surface area contributed by atoms with Crippen molar-refractivity contribution < 1.29 is 4.74 Å². The molecule has 1 aromatic heterocycles. The van der Waals surface area contributed by atoms with Gasteiger partial charge in [0.2, 0.25) is 0 Å². The average molecular weight is 291 g/mol. The van der Waals surface area contributed by atoms with Gasteiger partial charge in [-0.2, -0.15) is 5.26 Å². The van der Waals surface area contributed by atoms with E-state index in [1.807, 2.05) is 48.5 Å². The number of aromatic nitrogens is 4. The molecular formula is C16H13N5O. The van der Waals surface area contributed by atoms with Crippen molar-refractivity contribution in [3.63, 3.8) is 0 Å². The summed E-state index contributed by atoms with van der Waals surface area (Å²) in [6, 6.07) is 19.0. The van der Waals surface area contributed by atoms with Gasteiger partial charge in [-0.3, -0.25) is 0 Å². The predicted molar refractivity (Wildman–Crippen MR) is 78.9 cm³/mol. The quantitative estimate of drug-likeness (QED) is 0.720. The van der Waals surface area contributed by atoms with Gasteiger partial charge in [0.25, 0.3) is 0 Å². The van der Waals surface area contributed by atoms with Gasteiger partial charge in [0.1, 0.15) is 12.4 Å². The number of nitrogens with zero attached hydrogens (tertiary/aromatic N) is 5. The fraction of sp³-hybridized carbons (Fsp3) is 0.125. The molecule has 2 aromatic carbocycles. The third-order valence-corrected chi connectivity index (χ3v) is 3.18. The summed E-state index contributed by atoms with van der Waals surface area (Å²) >= 11 is 0. The van der Waals surface area contributed by atoms with Crippen LogP contribution >= 0.6 is 0 Å². The molecule has 0 bridgehead atoms. The van der Waals surface area contributed by atoms with Crippen molar-refractivity contribution in [3.05, 3.63) is 71.5 Å². The van der Waals surface area contributed by atoms with Crippen LogP contribution < -0.4 is 4.74 Å². The fourth-order valence-electron chi connectivity index (χ4n) is 2.04. The maximum atomic E-state index is 9.13. The van der Waals surface area contributed by atoms with E-state index >= 15 is 0 Å². The first kappa shape index (κ1) is 13.8. The Balaban J connectivity index is 1.74. The number of rotatable bonds is 5. The van der Waals surface area contributed by atoms with Gasteiger partial charge >= 0.3 is 0 Å². The Morgan fingerprint density at radius 3 is 2.64 bits per heavy atom. The lowest BCUT2D eigenvalue weighted by molar-refractivity contribution is 0.288. The zero-order valence-electron chi connectivity index (χ0n) is 11.8. The Hall–Kier alpha value is -3.20. The molecule has 22 heavy (non-hydrogen) atoms. The highest BCUT2D eigenvalue weighted by Crippen LogP contribution is 2.12. The predicted octanol–water partition coefficient (Wildman–Crippen LogP) is 2.17. The molecule has 0 N–H and O–H groups in total. The first-order valence-electron chi connectivity index (χ1n) is 6.77. The van der Waals surface area contributed by atoms with Crippen molar-refractivity contribution in [2.45, 2.75) is 13.2 Å². The third kappa shape index (κ3) is 3.10. The van der Waals surface area contributed by atoms with Crippen LogP contribution in [0.4, 0.5) is 0 Å². The number of ether oxygens (including phenoxy) is 1. The first-order valence-corrected chi connectivity index (χ1v) is 6.77. The summed E-state index contributed by atoms with van der Waals surface area (Å²) in [5.74, 6) is 1.37. The van der Waals surface area contributed by atoms with E-state index in [9.17, 15) is 0 Å². The van der Waals surface area contributed by atoms with E-state index in [2.05, 4.69) is 21.6 Å². The molecule has 0 unspecified atom stereocenters. The number of benzene rings is 2. The Bertz CT molecular complexity index is 792. The van der Waals surface area contributed by atoms with Gasteiger partial charge in [0.15, 0.2) is 5.82 Å². The number of hydrogen-bond acceptors (Lipinski definition) is 5. The van der Waals surface area contributed by atoms with Gasteiger partial charge in [-0.1, -0.05) is 36.4 Å². The second-order valence-electron chi connectivity index (χ2n) is 4.62. The lowest BCUT2D eigenvalue weighted by Gasteiger charge is -2.07. The molecule has 3 aromatic rings.